The van der Waals surface area contributed by atoms with Crippen molar-refractivity contribution < 1.29 is 23.1 Å². The first-order chi connectivity index (χ1) is 20.3. The zero-order valence-electron chi connectivity index (χ0n) is 22.2. The third-order valence-corrected chi connectivity index (χ3v) is 9.59. The predicted octanol–water partition coefficient (Wildman–Crippen LogP) is 5.21. The highest BCUT2D eigenvalue weighted by Gasteiger charge is 2.45. The fourth-order valence-corrected chi connectivity index (χ4v) is 7.69. The van der Waals surface area contributed by atoms with Crippen molar-refractivity contribution in [2.75, 3.05) is 6.54 Å². The summed E-state index contributed by atoms with van der Waals surface area (Å²) in [6.45, 7) is -2.45. The second kappa shape index (κ2) is 10.7. The molecule has 42 heavy (non-hydrogen) atoms. The molecule has 5 atom stereocenters. The Bertz CT molecular complexity index is 1560. The zero-order chi connectivity index (χ0) is 29.1. The van der Waals surface area contributed by atoms with Crippen molar-refractivity contribution in [2.24, 2.45) is 4.99 Å². The molecule has 4 aliphatic heterocycles. The van der Waals surface area contributed by atoms with Crippen molar-refractivity contribution in [3.63, 3.8) is 0 Å². The highest BCUT2D eigenvalue weighted by Crippen LogP contribution is 2.46. The quantitative estimate of drug-likeness (QED) is 0.410. The number of carbonyl (C=O) groups excluding carboxylic acids is 1. The highest BCUT2D eigenvalue weighted by molar-refractivity contribution is 7.11. The van der Waals surface area contributed by atoms with E-state index in [0.29, 0.717) is 52.5 Å². The van der Waals surface area contributed by atoms with E-state index in [2.05, 4.69) is 15.4 Å². The summed E-state index contributed by atoms with van der Waals surface area (Å²) in [5, 5.41) is 20.2. The van der Waals surface area contributed by atoms with E-state index >= 15 is 0 Å². The Morgan fingerprint density at radius 1 is 1.19 bits per heavy atom. The van der Waals surface area contributed by atoms with E-state index < -0.39 is 18.4 Å². The Hall–Kier alpha value is -3.42. The number of aliphatic imine (C=N–C) groups is 1. The van der Waals surface area contributed by atoms with Gasteiger partial charge in [0.1, 0.15) is 11.9 Å². The van der Waals surface area contributed by atoms with Gasteiger partial charge in [0.15, 0.2) is 10.8 Å². The number of nitrogens with zero attached hydrogens (tertiary/aromatic N) is 6. The van der Waals surface area contributed by atoms with Crippen LogP contribution < -0.4 is 5.32 Å². The molecule has 0 unspecified atom stereocenters. The van der Waals surface area contributed by atoms with Crippen LogP contribution in [0.15, 0.2) is 52.7 Å². The molecule has 0 spiro atoms. The molecule has 3 fully saturated rings. The number of amides is 2. The van der Waals surface area contributed by atoms with Crippen LogP contribution in [0.25, 0.3) is 5.57 Å². The molecule has 7 rings (SSSR count). The van der Waals surface area contributed by atoms with Crippen LogP contribution in [0.5, 0.6) is 0 Å². The highest BCUT2D eigenvalue weighted by atomic mass is 35.5. The van der Waals surface area contributed by atoms with Crippen LogP contribution in [0.4, 0.5) is 18.0 Å². The zero-order valence-corrected chi connectivity index (χ0v) is 23.8. The molecule has 9 nitrogen and oxygen atoms in total. The topological polar surface area (TPSA) is 98.9 Å². The van der Waals surface area contributed by atoms with Gasteiger partial charge >= 0.3 is 12.6 Å². The number of piperidine rings is 1. The third kappa shape index (κ3) is 4.77. The Morgan fingerprint density at radius 3 is 2.64 bits per heavy atom. The summed E-state index contributed by atoms with van der Waals surface area (Å²) in [6, 6.07) is 4.27. The number of alkyl halides is 2. The van der Waals surface area contributed by atoms with Gasteiger partial charge in [-0.05, 0) is 43.9 Å². The minimum Gasteiger partial charge on any atom is -0.393 e. The predicted molar refractivity (Wildman–Crippen MR) is 151 cm³/mol. The third-order valence-electron chi connectivity index (χ3n) is 8.50. The van der Waals surface area contributed by atoms with Gasteiger partial charge in [-0.15, -0.1) is 11.3 Å². The molecule has 220 valence electrons. The smallest absolute Gasteiger partial charge is 0.333 e. The van der Waals surface area contributed by atoms with Crippen molar-refractivity contribution in [3.8, 4) is 0 Å². The van der Waals surface area contributed by atoms with Crippen molar-refractivity contribution >= 4 is 40.4 Å². The maximum absolute atomic E-state index is 14.0. The molecule has 3 saturated heterocycles. The van der Waals surface area contributed by atoms with Crippen molar-refractivity contribution in [3.05, 3.63) is 74.8 Å². The summed E-state index contributed by atoms with van der Waals surface area (Å²) in [4.78, 5) is 26.9. The van der Waals surface area contributed by atoms with Crippen molar-refractivity contribution in [2.45, 2.75) is 68.9 Å². The monoisotopic (exact) mass is 617 g/mol. The molecule has 0 saturated carbocycles. The van der Waals surface area contributed by atoms with Gasteiger partial charge in [-0.25, -0.2) is 18.9 Å². The van der Waals surface area contributed by atoms with Gasteiger partial charge < -0.3 is 20.2 Å². The number of amidine groups is 1. The number of carbonyl (C=O) groups is 1. The molecule has 2 aromatic heterocycles. The van der Waals surface area contributed by atoms with Crippen LogP contribution in [0.3, 0.4) is 0 Å². The molecular weight excluding hydrogens is 591 g/mol. The molecular formula is C28H27ClF3N7O2S. The van der Waals surface area contributed by atoms with Gasteiger partial charge in [0.25, 0.3) is 0 Å². The number of rotatable bonds is 5. The molecule has 1 aromatic carbocycles. The molecule has 2 amide bonds. The lowest BCUT2D eigenvalue weighted by Gasteiger charge is -2.37. The maximum Gasteiger partial charge on any atom is 0.333 e. The molecule has 0 aliphatic carbocycles. The fraction of sp³-hybridized carbons (Fsp3) is 0.429. The number of benzene rings is 1. The van der Waals surface area contributed by atoms with Gasteiger partial charge in [-0.3, -0.25) is 4.99 Å². The molecule has 0 radical (unpaired) electrons. The van der Waals surface area contributed by atoms with Crippen molar-refractivity contribution in [1.29, 1.82) is 0 Å². The van der Waals surface area contributed by atoms with E-state index in [1.54, 1.807) is 12.3 Å². The maximum atomic E-state index is 14.0. The van der Waals surface area contributed by atoms with E-state index in [1.807, 2.05) is 15.2 Å². The lowest BCUT2D eigenvalue weighted by molar-refractivity contribution is 0.0534. The Balaban J connectivity index is 1.29. The largest absolute Gasteiger partial charge is 0.393 e. The Labute approximate surface area is 248 Å². The summed E-state index contributed by atoms with van der Waals surface area (Å²) in [6.07, 6.45) is 5.75. The molecule has 3 aromatic rings. The number of hydrogen-bond acceptors (Lipinski definition) is 7. The summed E-state index contributed by atoms with van der Waals surface area (Å²) < 4.78 is 41.8. The Kier molecular flexibility index (Phi) is 6.98. The first-order valence-electron chi connectivity index (χ1n) is 13.8. The average molecular weight is 618 g/mol. The number of aromatic nitrogens is 3. The first kappa shape index (κ1) is 27.4. The minimum atomic E-state index is -2.83. The molecule has 4 aliphatic rings. The lowest BCUT2D eigenvalue weighted by atomic mass is 9.92. The van der Waals surface area contributed by atoms with Gasteiger partial charge in [-0.1, -0.05) is 17.7 Å². The number of aliphatic hydroxyl groups excluding tert-OH is 1. The molecule has 14 heteroatoms. The lowest BCUT2D eigenvalue weighted by Crippen LogP contribution is -2.54. The molecule has 2 bridgehead atoms. The van der Waals surface area contributed by atoms with Gasteiger partial charge in [0.2, 0.25) is 0 Å². The number of fused-ring (bicyclic) bond motifs is 3. The number of halogens is 4. The number of thiazole rings is 1. The standard InChI is InChI=1S/C28H27ClF3N7O2S/c29-20-9-14(30)1-4-19(20)24-23(21-5-7-38(36-21)27(31)32)22-10-15(13-37(22)25(35-24)26-33-6-8-42-26)34-28(41)39-16-2-3-17(39)12-18(40)11-16/h1,4-9,15-18,24,27,40H,2-3,10-13H2,(H,34,41)/t15-,16-,17+,18-,24-/m0/s1. The second-order valence-corrected chi connectivity index (χ2v) is 12.4. The van der Waals surface area contributed by atoms with Crippen LogP contribution in [-0.2, 0) is 0 Å². The molecule has 2 N–H and O–H groups in total. The number of nitrogens with one attached hydrogen (secondary N) is 1. The van der Waals surface area contributed by atoms with Crippen LogP contribution in [-0.4, -0.2) is 72.3 Å². The van der Waals surface area contributed by atoms with Crippen LogP contribution in [0.1, 0.15) is 61.0 Å². The van der Waals surface area contributed by atoms with Crippen LogP contribution in [0, 0.1) is 5.82 Å². The number of hydrogen-bond donors (Lipinski definition) is 2. The van der Waals surface area contributed by atoms with E-state index in [1.165, 1.54) is 35.7 Å². The van der Waals surface area contributed by atoms with E-state index in [9.17, 15) is 23.1 Å². The van der Waals surface area contributed by atoms with Gasteiger partial charge in [0, 0.05) is 64.7 Å². The SMILES string of the molecule is O=C(N[C@H]1CC2=C(c3ccn(C(F)F)n3)[C@H](c3ccc(F)cc3Cl)N=C(c3nccs3)N2C1)N1[C@@H]2CC[C@H]1C[C@H](O)C2. The van der Waals surface area contributed by atoms with Gasteiger partial charge in [0.05, 0.1) is 17.8 Å². The minimum absolute atomic E-state index is 0.00765. The molecule has 6 heterocycles. The van der Waals surface area contributed by atoms with Gasteiger partial charge in [-0.2, -0.15) is 13.9 Å². The summed E-state index contributed by atoms with van der Waals surface area (Å²) >= 11 is 7.93. The number of aliphatic hydroxyl groups is 1. The van der Waals surface area contributed by atoms with E-state index in [0.717, 1.165) is 18.5 Å². The normalized spacial score (nSPS) is 27.1. The second-order valence-electron chi connectivity index (χ2n) is 11.1. The Morgan fingerprint density at radius 2 is 1.98 bits per heavy atom. The summed E-state index contributed by atoms with van der Waals surface area (Å²) in [7, 11) is 0. The van der Waals surface area contributed by atoms with Crippen LogP contribution in [0.2, 0.25) is 5.02 Å². The average Bonchev–Trinajstić information content (AvgIpc) is 3.74. The van der Waals surface area contributed by atoms with Crippen LogP contribution >= 0.6 is 22.9 Å². The van der Waals surface area contributed by atoms with E-state index in [4.69, 9.17) is 16.6 Å². The summed E-state index contributed by atoms with van der Waals surface area (Å²) in [5.74, 6) is 0.0460. The fourth-order valence-electron chi connectivity index (χ4n) is 6.78. The summed E-state index contributed by atoms with van der Waals surface area (Å²) in [5.41, 5.74) is 2.10. The van der Waals surface area contributed by atoms with Crippen molar-refractivity contribution in [1.82, 2.24) is 29.9 Å². The van der Waals surface area contributed by atoms with E-state index in [-0.39, 0.29) is 41.0 Å². The number of urea groups is 1. The first-order valence-corrected chi connectivity index (χ1v) is 15.1.